The fraction of sp³-hybridized carbons (Fsp3) is 0.200. The third-order valence-electron chi connectivity index (χ3n) is 2.88. The van der Waals surface area contributed by atoms with E-state index >= 15 is 0 Å². The lowest BCUT2D eigenvalue weighted by atomic mass is 10.0. The Hall–Kier alpha value is -2.31. The molecule has 7 heteroatoms. The van der Waals surface area contributed by atoms with Crippen molar-refractivity contribution in [2.24, 2.45) is 0 Å². The number of hydrogen-bond donors (Lipinski definition) is 0. The monoisotopic (exact) mass is 318 g/mol. The molecular weight excluding hydrogens is 307 g/mol. The fourth-order valence-corrected chi connectivity index (χ4v) is 1.97. The second-order valence-corrected chi connectivity index (χ2v) is 4.30. The smallest absolute Gasteiger partial charge is 0.496 e. The second-order valence-electron chi connectivity index (χ2n) is 4.30. The number of benzene rings is 2. The summed E-state index contributed by atoms with van der Waals surface area (Å²) in [7, 11) is 1.25. The van der Waals surface area contributed by atoms with Crippen molar-refractivity contribution >= 4 is 0 Å². The molecule has 0 N–H and O–H groups in total. The van der Waals surface area contributed by atoms with Crippen molar-refractivity contribution in [3.05, 3.63) is 48.0 Å². The lowest BCUT2D eigenvalue weighted by molar-refractivity contribution is -0.274. The van der Waals surface area contributed by atoms with E-state index < -0.39 is 18.5 Å². The summed E-state index contributed by atoms with van der Waals surface area (Å²) in [5.74, 6) is -0.394. The molecule has 0 saturated heterocycles. The summed E-state index contributed by atoms with van der Waals surface area (Å²) in [5.41, 5.74) is 0.0408. The van der Waals surface area contributed by atoms with E-state index in [0.717, 1.165) is 18.2 Å². The van der Waals surface area contributed by atoms with Crippen molar-refractivity contribution in [2.45, 2.75) is 12.8 Å². The highest BCUT2D eigenvalue weighted by atomic mass is 19.4. The summed E-state index contributed by atoms with van der Waals surface area (Å²) >= 11 is 0. The standard InChI is InChI=1S/C15H11F5O2/c1-21-13-8-9(14(16)17)6-7-11(13)10-4-2-3-5-12(10)22-15(18,19)20/h2-8,14H,1H3. The van der Waals surface area contributed by atoms with Gasteiger partial charge in [-0.2, -0.15) is 0 Å². The lowest BCUT2D eigenvalue weighted by Crippen LogP contribution is -2.17. The van der Waals surface area contributed by atoms with Gasteiger partial charge in [0.15, 0.2) is 0 Å². The summed E-state index contributed by atoms with van der Waals surface area (Å²) in [5, 5.41) is 0. The summed E-state index contributed by atoms with van der Waals surface area (Å²) in [6, 6.07) is 8.92. The van der Waals surface area contributed by atoms with E-state index in [1.807, 2.05) is 0 Å². The molecule has 0 radical (unpaired) electrons. The molecule has 0 atom stereocenters. The minimum atomic E-state index is -4.85. The normalized spacial score (nSPS) is 11.6. The van der Waals surface area contributed by atoms with Crippen molar-refractivity contribution < 1.29 is 31.4 Å². The van der Waals surface area contributed by atoms with Crippen LogP contribution in [-0.2, 0) is 0 Å². The van der Waals surface area contributed by atoms with E-state index in [1.54, 1.807) is 0 Å². The molecule has 22 heavy (non-hydrogen) atoms. The summed E-state index contributed by atoms with van der Waals surface area (Å²) in [6.45, 7) is 0. The molecule has 0 spiro atoms. The molecule has 0 aromatic heterocycles. The number of methoxy groups -OCH3 is 1. The van der Waals surface area contributed by atoms with Gasteiger partial charge in [-0.3, -0.25) is 0 Å². The molecule has 0 fully saturated rings. The quantitative estimate of drug-likeness (QED) is 0.722. The topological polar surface area (TPSA) is 18.5 Å². The van der Waals surface area contributed by atoms with Gasteiger partial charge in [0.25, 0.3) is 6.43 Å². The predicted molar refractivity (Wildman–Crippen MR) is 70.1 cm³/mol. The van der Waals surface area contributed by atoms with Gasteiger partial charge in [0.2, 0.25) is 0 Å². The average Bonchev–Trinajstić information content (AvgIpc) is 2.45. The SMILES string of the molecule is COc1cc(C(F)F)ccc1-c1ccccc1OC(F)(F)F. The van der Waals surface area contributed by atoms with Gasteiger partial charge in [-0.15, -0.1) is 13.2 Å². The van der Waals surface area contributed by atoms with Gasteiger partial charge in [0, 0.05) is 16.7 Å². The zero-order valence-electron chi connectivity index (χ0n) is 11.3. The number of halogens is 5. The fourth-order valence-electron chi connectivity index (χ4n) is 1.97. The molecule has 0 amide bonds. The van der Waals surface area contributed by atoms with Gasteiger partial charge in [0.05, 0.1) is 7.11 Å². The van der Waals surface area contributed by atoms with Gasteiger partial charge in [-0.1, -0.05) is 30.3 Å². The molecule has 2 rings (SSSR count). The van der Waals surface area contributed by atoms with E-state index in [2.05, 4.69) is 4.74 Å². The Morgan fingerprint density at radius 1 is 0.909 bits per heavy atom. The highest BCUT2D eigenvalue weighted by molar-refractivity contribution is 5.76. The molecule has 0 saturated carbocycles. The van der Waals surface area contributed by atoms with Crippen LogP contribution in [0.5, 0.6) is 11.5 Å². The van der Waals surface area contributed by atoms with Gasteiger partial charge in [0.1, 0.15) is 11.5 Å². The molecule has 0 aliphatic rings. The summed E-state index contributed by atoms with van der Waals surface area (Å²) in [4.78, 5) is 0. The van der Waals surface area contributed by atoms with Gasteiger partial charge in [-0.25, -0.2) is 8.78 Å². The highest BCUT2D eigenvalue weighted by Gasteiger charge is 2.32. The number of ether oxygens (including phenoxy) is 2. The van der Waals surface area contributed by atoms with E-state index in [-0.39, 0.29) is 22.4 Å². The van der Waals surface area contributed by atoms with Gasteiger partial charge in [-0.05, 0) is 12.1 Å². The first-order chi connectivity index (χ1) is 10.3. The Morgan fingerprint density at radius 3 is 2.14 bits per heavy atom. The van der Waals surface area contributed by atoms with Crippen LogP contribution in [0.4, 0.5) is 22.0 Å². The average molecular weight is 318 g/mol. The van der Waals surface area contributed by atoms with Crippen LogP contribution in [0.15, 0.2) is 42.5 Å². The maximum atomic E-state index is 12.7. The zero-order chi connectivity index (χ0) is 16.3. The maximum absolute atomic E-state index is 12.7. The molecule has 2 aromatic carbocycles. The second kappa shape index (κ2) is 6.21. The Bertz CT molecular complexity index is 653. The van der Waals surface area contributed by atoms with E-state index in [0.29, 0.717) is 0 Å². The van der Waals surface area contributed by atoms with Crippen LogP contribution in [0.1, 0.15) is 12.0 Å². The molecule has 0 aliphatic heterocycles. The Balaban J connectivity index is 2.52. The van der Waals surface area contributed by atoms with Crippen LogP contribution in [0, 0.1) is 0 Å². The van der Waals surface area contributed by atoms with Crippen molar-refractivity contribution in [1.29, 1.82) is 0 Å². The molecule has 0 heterocycles. The summed E-state index contributed by atoms with van der Waals surface area (Å²) in [6.07, 6.45) is -7.56. The van der Waals surface area contributed by atoms with Crippen LogP contribution >= 0.6 is 0 Å². The summed E-state index contributed by atoms with van der Waals surface area (Å²) < 4.78 is 71.7. The van der Waals surface area contributed by atoms with Gasteiger partial charge >= 0.3 is 6.36 Å². The van der Waals surface area contributed by atoms with Crippen LogP contribution < -0.4 is 9.47 Å². The van der Waals surface area contributed by atoms with E-state index in [9.17, 15) is 22.0 Å². The van der Waals surface area contributed by atoms with E-state index in [4.69, 9.17) is 4.74 Å². The molecule has 0 unspecified atom stereocenters. The molecule has 0 aliphatic carbocycles. The highest BCUT2D eigenvalue weighted by Crippen LogP contribution is 2.39. The first kappa shape index (κ1) is 16.1. The van der Waals surface area contributed by atoms with Crippen LogP contribution in [0.25, 0.3) is 11.1 Å². The molecule has 118 valence electrons. The lowest BCUT2D eigenvalue weighted by Gasteiger charge is -2.16. The first-order valence-electron chi connectivity index (χ1n) is 6.13. The first-order valence-corrected chi connectivity index (χ1v) is 6.13. The minimum absolute atomic E-state index is 0.0380. The third-order valence-corrected chi connectivity index (χ3v) is 2.88. The number of hydrogen-bond acceptors (Lipinski definition) is 2. The van der Waals surface area contributed by atoms with E-state index in [1.165, 1.54) is 31.4 Å². The molecule has 2 aromatic rings. The number of alkyl halides is 5. The largest absolute Gasteiger partial charge is 0.573 e. The molecule has 2 nitrogen and oxygen atoms in total. The van der Waals surface area contributed by atoms with Crippen molar-refractivity contribution in [1.82, 2.24) is 0 Å². The van der Waals surface area contributed by atoms with Gasteiger partial charge < -0.3 is 9.47 Å². The zero-order valence-corrected chi connectivity index (χ0v) is 11.3. The Labute approximate surface area is 123 Å². The molecular formula is C15H11F5O2. The number of rotatable bonds is 4. The predicted octanol–water partition coefficient (Wildman–Crippen LogP) is 5.20. The maximum Gasteiger partial charge on any atom is 0.573 e. The van der Waals surface area contributed by atoms with Crippen LogP contribution in [-0.4, -0.2) is 13.5 Å². The molecule has 0 bridgehead atoms. The number of para-hydroxylation sites is 1. The minimum Gasteiger partial charge on any atom is -0.496 e. The van der Waals surface area contributed by atoms with Crippen molar-refractivity contribution in [3.63, 3.8) is 0 Å². The Kier molecular flexibility index (Phi) is 4.54. The van der Waals surface area contributed by atoms with Crippen LogP contribution in [0.2, 0.25) is 0 Å². The van der Waals surface area contributed by atoms with Crippen LogP contribution in [0.3, 0.4) is 0 Å². The Morgan fingerprint density at radius 2 is 1.55 bits per heavy atom. The van der Waals surface area contributed by atoms with Crippen molar-refractivity contribution in [2.75, 3.05) is 7.11 Å². The third kappa shape index (κ3) is 3.66. The van der Waals surface area contributed by atoms with Crippen molar-refractivity contribution in [3.8, 4) is 22.6 Å².